The second-order valence-electron chi connectivity index (χ2n) is 4.07. The van der Waals surface area contributed by atoms with Crippen LogP contribution < -0.4 is 5.14 Å². The van der Waals surface area contributed by atoms with Crippen LogP contribution >= 0.6 is 0 Å². The van der Waals surface area contributed by atoms with Crippen LogP contribution in [0.1, 0.15) is 21.7 Å². The van der Waals surface area contributed by atoms with Crippen molar-refractivity contribution in [2.75, 3.05) is 0 Å². The molecule has 0 spiro atoms. The van der Waals surface area contributed by atoms with Crippen LogP contribution in [-0.4, -0.2) is 15.1 Å². The lowest BCUT2D eigenvalue weighted by Crippen LogP contribution is -2.04. The van der Waals surface area contributed by atoms with E-state index in [0.717, 1.165) is 23.4 Å². The minimum Gasteiger partial charge on any atom is -0.318 e. The number of hydrogen-bond donors (Lipinski definition) is 1. The van der Waals surface area contributed by atoms with Gasteiger partial charge in [-0.3, -0.25) is 4.79 Å². The van der Waals surface area contributed by atoms with E-state index in [-0.39, 0.29) is 0 Å². The number of aromatic nitrogens is 1. The van der Waals surface area contributed by atoms with Crippen molar-refractivity contribution >= 4 is 17.3 Å². The third-order valence-electron chi connectivity index (χ3n) is 2.92. The maximum absolute atomic E-state index is 11.1. The third-order valence-corrected chi connectivity index (χ3v) is 3.66. The summed E-state index contributed by atoms with van der Waals surface area (Å²) >= 11 is 0. The van der Waals surface area contributed by atoms with Crippen molar-refractivity contribution in [1.29, 1.82) is 0 Å². The number of carbonyl (C=O) groups is 1. The van der Waals surface area contributed by atoms with E-state index in [1.54, 1.807) is 12.1 Å². The molecule has 0 radical (unpaired) electrons. The highest BCUT2D eigenvalue weighted by Gasteiger charge is 2.10. The van der Waals surface area contributed by atoms with Gasteiger partial charge in [-0.15, -0.1) is 0 Å². The van der Waals surface area contributed by atoms with Gasteiger partial charge in [-0.2, -0.15) is 0 Å². The smallest absolute Gasteiger partial charge is 0.151 e. The maximum atomic E-state index is 11.1. The third kappa shape index (κ3) is 2.14. The van der Waals surface area contributed by atoms with Gasteiger partial charge in [0.1, 0.15) is 11.0 Å². The van der Waals surface area contributed by atoms with Gasteiger partial charge in [0.15, 0.2) is 6.29 Å². The van der Waals surface area contributed by atoms with Crippen molar-refractivity contribution in [3.63, 3.8) is 0 Å². The van der Waals surface area contributed by atoms with Crippen LogP contribution in [0.5, 0.6) is 0 Å². The number of nitrogens with two attached hydrogens (primary N) is 1. The van der Waals surface area contributed by atoms with E-state index in [1.165, 1.54) is 0 Å². The number of hydrogen-bond acceptors (Lipinski definition) is 2. The normalized spacial score (nSPS) is 12.4. The van der Waals surface area contributed by atoms with E-state index in [4.69, 9.17) is 5.14 Å². The second-order valence-corrected chi connectivity index (χ2v) is 5.14. The van der Waals surface area contributed by atoms with Gasteiger partial charge in [-0.05, 0) is 44.2 Å². The van der Waals surface area contributed by atoms with Crippen LogP contribution in [0.25, 0.3) is 5.69 Å². The topological polar surface area (TPSA) is 65.1 Å². The average Bonchev–Trinajstić information content (AvgIpc) is 2.64. The molecule has 18 heavy (non-hydrogen) atoms. The molecule has 2 aromatic rings. The largest absolute Gasteiger partial charge is 0.318 e. The number of benzene rings is 1. The molecule has 1 heterocycles. The summed E-state index contributed by atoms with van der Waals surface area (Å²) in [6.45, 7) is 3.83. The van der Waals surface area contributed by atoms with Crippen LogP contribution in [0.15, 0.2) is 35.2 Å². The molecule has 0 amide bonds. The Morgan fingerprint density at radius 3 is 2.28 bits per heavy atom. The summed E-state index contributed by atoms with van der Waals surface area (Å²) in [5.74, 6) is 0. The lowest BCUT2D eigenvalue weighted by atomic mass is 10.2. The molecule has 4 nitrogen and oxygen atoms in total. The molecule has 1 atom stereocenters. The molecule has 1 aromatic heterocycles. The van der Waals surface area contributed by atoms with Crippen molar-refractivity contribution < 1.29 is 9.00 Å². The minimum absolute atomic E-state index is 0.580. The van der Waals surface area contributed by atoms with E-state index in [1.807, 2.05) is 36.6 Å². The van der Waals surface area contributed by atoms with E-state index in [2.05, 4.69) is 0 Å². The molecule has 2 rings (SSSR count). The van der Waals surface area contributed by atoms with Gasteiger partial charge in [-0.1, -0.05) is 0 Å². The quantitative estimate of drug-likeness (QED) is 0.858. The minimum atomic E-state index is -1.47. The average molecular weight is 262 g/mol. The van der Waals surface area contributed by atoms with Crippen LogP contribution in [-0.2, 0) is 11.0 Å². The summed E-state index contributed by atoms with van der Waals surface area (Å²) in [4.78, 5) is 11.5. The van der Waals surface area contributed by atoms with E-state index >= 15 is 0 Å². The first kappa shape index (κ1) is 12.7. The molecule has 0 aliphatic rings. The van der Waals surface area contributed by atoms with E-state index in [0.29, 0.717) is 10.5 Å². The van der Waals surface area contributed by atoms with Crippen molar-refractivity contribution in [3.05, 3.63) is 47.3 Å². The molecule has 5 heteroatoms. The monoisotopic (exact) mass is 262 g/mol. The van der Waals surface area contributed by atoms with Crippen LogP contribution in [0.4, 0.5) is 0 Å². The van der Waals surface area contributed by atoms with Crippen LogP contribution in [0.3, 0.4) is 0 Å². The number of aryl methyl sites for hydroxylation is 1. The van der Waals surface area contributed by atoms with Crippen molar-refractivity contribution in [1.82, 2.24) is 4.57 Å². The standard InChI is InChI=1S/C13H14N2O2S/c1-9-7-11(8-16)10(2)15(9)12-3-5-13(6-4-12)18(14)17/h3-8H,14H2,1-2H3. The Morgan fingerprint density at radius 1 is 1.22 bits per heavy atom. The number of aldehydes is 1. The first-order chi connectivity index (χ1) is 8.54. The predicted octanol–water partition coefficient (Wildman–Crippen LogP) is 1.89. The molecule has 0 aliphatic heterocycles. The Kier molecular flexibility index (Phi) is 3.45. The SMILES string of the molecule is Cc1cc(C=O)c(C)n1-c1ccc(S(N)=O)cc1. The number of rotatable bonds is 3. The van der Waals surface area contributed by atoms with E-state index < -0.39 is 11.0 Å². The fourth-order valence-corrected chi connectivity index (χ4v) is 2.44. The van der Waals surface area contributed by atoms with Gasteiger partial charge in [0.2, 0.25) is 0 Å². The van der Waals surface area contributed by atoms with Gasteiger partial charge in [-0.25, -0.2) is 9.35 Å². The molecule has 1 aromatic carbocycles. The highest BCUT2D eigenvalue weighted by molar-refractivity contribution is 7.82. The van der Waals surface area contributed by atoms with Crippen LogP contribution in [0.2, 0.25) is 0 Å². The van der Waals surface area contributed by atoms with Gasteiger partial charge >= 0.3 is 0 Å². The molecule has 2 N–H and O–H groups in total. The predicted molar refractivity (Wildman–Crippen MR) is 71.2 cm³/mol. The summed E-state index contributed by atoms with van der Waals surface area (Å²) in [6, 6.07) is 8.98. The molecular formula is C13H14N2O2S. The summed E-state index contributed by atoms with van der Waals surface area (Å²) in [5, 5.41) is 5.31. The first-order valence-corrected chi connectivity index (χ1v) is 6.66. The van der Waals surface area contributed by atoms with Gasteiger partial charge in [0, 0.05) is 22.6 Å². The van der Waals surface area contributed by atoms with Gasteiger partial charge in [0.25, 0.3) is 0 Å². The molecule has 0 saturated heterocycles. The van der Waals surface area contributed by atoms with Gasteiger partial charge in [0.05, 0.1) is 4.90 Å². The number of nitrogens with zero attached hydrogens (tertiary/aromatic N) is 1. The Morgan fingerprint density at radius 2 is 1.83 bits per heavy atom. The second kappa shape index (κ2) is 4.88. The zero-order valence-electron chi connectivity index (χ0n) is 10.2. The zero-order chi connectivity index (χ0) is 13.3. The molecular weight excluding hydrogens is 248 g/mol. The molecule has 0 bridgehead atoms. The summed E-state index contributed by atoms with van der Waals surface area (Å²) < 4.78 is 13.1. The van der Waals surface area contributed by atoms with Crippen molar-refractivity contribution in [3.8, 4) is 5.69 Å². The van der Waals surface area contributed by atoms with Crippen molar-refractivity contribution in [2.45, 2.75) is 18.7 Å². The summed E-state index contributed by atoms with van der Waals surface area (Å²) in [5.41, 5.74) is 3.48. The first-order valence-electron chi connectivity index (χ1n) is 5.45. The molecule has 94 valence electrons. The van der Waals surface area contributed by atoms with E-state index in [9.17, 15) is 9.00 Å². The molecule has 0 aliphatic carbocycles. The summed E-state index contributed by atoms with van der Waals surface area (Å²) in [7, 11) is -1.47. The Labute approximate surface area is 108 Å². The molecule has 1 unspecified atom stereocenters. The number of carbonyl (C=O) groups excluding carboxylic acids is 1. The highest BCUT2D eigenvalue weighted by Crippen LogP contribution is 2.20. The fourth-order valence-electron chi connectivity index (χ4n) is 2.03. The lowest BCUT2D eigenvalue weighted by Gasteiger charge is -2.09. The Balaban J connectivity index is 2.52. The zero-order valence-corrected chi connectivity index (χ0v) is 11.0. The highest BCUT2D eigenvalue weighted by atomic mass is 32.2. The Hall–Kier alpha value is -1.72. The fraction of sp³-hybridized carbons (Fsp3) is 0.154. The molecule has 0 fully saturated rings. The Bertz CT molecular complexity index is 615. The maximum Gasteiger partial charge on any atom is 0.151 e. The summed E-state index contributed by atoms with van der Waals surface area (Å²) in [6.07, 6.45) is 0.849. The lowest BCUT2D eigenvalue weighted by molar-refractivity contribution is 0.112. The van der Waals surface area contributed by atoms with Gasteiger partial charge < -0.3 is 4.57 Å². The molecule has 0 saturated carbocycles. The van der Waals surface area contributed by atoms with Crippen LogP contribution in [0, 0.1) is 13.8 Å². The van der Waals surface area contributed by atoms with Crippen molar-refractivity contribution in [2.24, 2.45) is 5.14 Å².